The summed E-state index contributed by atoms with van der Waals surface area (Å²) in [7, 11) is -0.615. The Balaban J connectivity index is 2.40. The molecular formula is C10H13BN2O. The molecule has 0 fully saturated rings. The third-order valence-electron chi connectivity index (χ3n) is 2.38. The smallest absolute Gasteiger partial charge is 0.428 e. The molecule has 1 N–H and O–H groups in total. The average molecular weight is 188 g/mol. The summed E-state index contributed by atoms with van der Waals surface area (Å²) in [6, 6.07) is 7.97. The molecule has 0 saturated carbocycles. The first-order valence-corrected chi connectivity index (χ1v) is 4.79. The minimum Gasteiger partial charge on any atom is -0.428 e. The molecule has 0 aromatic heterocycles. The van der Waals surface area contributed by atoms with Crippen LogP contribution in [0.5, 0.6) is 0 Å². The minimum absolute atomic E-state index is 0.203. The van der Waals surface area contributed by atoms with E-state index in [0.717, 1.165) is 11.0 Å². The SMILES string of the molecule is CC(C)N1N=Cc2ccccc2B1O. The third kappa shape index (κ3) is 1.42. The second kappa shape index (κ2) is 3.46. The zero-order valence-corrected chi connectivity index (χ0v) is 8.38. The van der Waals surface area contributed by atoms with Crippen molar-refractivity contribution in [2.45, 2.75) is 19.9 Å². The Labute approximate surface area is 84.2 Å². The van der Waals surface area contributed by atoms with E-state index in [0.29, 0.717) is 0 Å². The van der Waals surface area contributed by atoms with Crippen LogP contribution in [0.4, 0.5) is 0 Å². The Morgan fingerprint density at radius 1 is 1.36 bits per heavy atom. The molecule has 0 radical (unpaired) electrons. The van der Waals surface area contributed by atoms with Gasteiger partial charge in [-0.1, -0.05) is 24.3 Å². The molecule has 3 nitrogen and oxygen atoms in total. The number of rotatable bonds is 1. The molecule has 0 bridgehead atoms. The lowest BCUT2D eigenvalue weighted by Crippen LogP contribution is -2.52. The molecule has 0 aliphatic carbocycles. The molecular weight excluding hydrogens is 175 g/mol. The quantitative estimate of drug-likeness (QED) is 0.648. The van der Waals surface area contributed by atoms with Crippen molar-refractivity contribution in [1.82, 2.24) is 4.92 Å². The maximum Gasteiger partial charge on any atom is 0.467 e. The van der Waals surface area contributed by atoms with Crippen molar-refractivity contribution >= 4 is 18.7 Å². The molecule has 1 aliphatic heterocycles. The van der Waals surface area contributed by atoms with Crippen LogP contribution in [0.2, 0.25) is 0 Å². The molecule has 0 atom stereocenters. The monoisotopic (exact) mass is 188 g/mol. The lowest BCUT2D eigenvalue weighted by molar-refractivity contribution is 0.331. The van der Waals surface area contributed by atoms with E-state index in [4.69, 9.17) is 0 Å². The summed E-state index contributed by atoms with van der Waals surface area (Å²) in [4.78, 5) is 1.70. The number of hydrazone groups is 1. The van der Waals surface area contributed by atoms with Crippen LogP contribution in [0.15, 0.2) is 29.4 Å². The number of benzene rings is 1. The highest BCUT2D eigenvalue weighted by molar-refractivity contribution is 6.65. The van der Waals surface area contributed by atoms with Gasteiger partial charge in [-0.15, -0.1) is 0 Å². The maximum absolute atomic E-state index is 10.0. The van der Waals surface area contributed by atoms with Gasteiger partial charge in [0, 0.05) is 6.04 Å². The lowest BCUT2D eigenvalue weighted by Gasteiger charge is -2.29. The van der Waals surface area contributed by atoms with Crippen molar-refractivity contribution in [2.75, 3.05) is 0 Å². The summed E-state index contributed by atoms with van der Waals surface area (Å²) in [6.45, 7) is 4.02. The summed E-state index contributed by atoms with van der Waals surface area (Å²) in [5.41, 5.74) is 1.92. The lowest BCUT2D eigenvalue weighted by atomic mass is 9.69. The zero-order chi connectivity index (χ0) is 10.1. The van der Waals surface area contributed by atoms with Crippen LogP contribution in [0.25, 0.3) is 0 Å². The van der Waals surface area contributed by atoms with E-state index in [9.17, 15) is 5.02 Å². The van der Waals surface area contributed by atoms with Crippen LogP contribution in [0.3, 0.4) is 0 Å². The first kappa shape index (κ1) is 9.28. The predicted molar refractivity (Wildman–Crippen MR) is 58.6 cm³/mol. The van der Waals surface area contributed by atoms with E-state index in [2.05, 4.69) is 5.10 Å². The van der Waals surface area contributed by atoms with Crippen LogP contribution < -0.4 is 5.46 Å². The first-order valence-electron chi connectivity index (χ1n) is 4.79. The van der Waals surface area contributed by atoms with Gasteiger partial charge < -0.3 is 9.94 Å². The van der Waals surface area contributed by atoms with Gasteiger partial charge >= 0.3 is 7.05 Å². The van der Waals surface area contributed by atoms with Gasteiger partial charge in [-0.3, -0.25) is 0 Å². The fourth-order valence-electron chi connectivity index (χ4n) is 1.61. The third-order valence-corrected chi connectivity index (χ3v) is 2.38. The average Bonchev–Trinajstić information content (AvgIpc) is 2.18. The van der Waals surface area contributed by atoms with E-state index in [-0.39, 0.29) is 6.04 Å². The van der Waals surface area contributed by atoms with Crippen molar-refractivity contribution in [1.29, 1.82) is 0 Å². The van der Waals surface area contributed by atoms with Gasteiger partial charge in [-0.2, -0.15) is 5.10 Å². The first-order chi connectivity index (χ1) is 6.70. The van der Waals surface area contributed by atoms with E-state index >= 15 is 0 Å². The Kier molecular flexibility index (Phi) is 2.29. The molecule has 0 spiro atoms. The fourth-order valence-corrected chi connectivity index (χ4v) is 1.61. The van der Waals surface area contributed by atoms with Gasteiger partial charge in [0.2, 0.25) is 0 Å². The van der Waals surface area contributed by atoms with Gasteiger partial charge in [0.15, 0.2) is 0 Å². The molecule has 0 unspecified atom stereocenters. The van der Waals surface area contributed by atoms with Crippen LogP contribution in [-0.4, -0.2) is 29.3 Å². The van der Waals surface area contributed by atoms with Gasteiger partial charge in [-0.05, 0) is 24.9 Å². The molecule has 1 aromatic carbocycles. The van der Waals surface area contributed by atoms with Crippen molar-refractivity contribution in [3.63, 3.8) is 0 Å². The molecule has 72 valence electrons. The normalized spacial score (nSPS) is 14.9. The van der Waals surface area contributed by atoms with Gasteiger partial charge in [-0.25, -0.2) is 0 Å². The van der Waals surface area contributed by atoms with Gasteiger partial charge in [0.05, 0.1) is 6.21 Å². The van der Waals surface area contributed by atoms with E-state index in [1.165, 1.54) is 0 Å². The maximum atomic E-state index is 10.0. The zero-order valence-electron chi connectivity index (χ0n) is 8.38. The highest BCUT2D eigenvalue weighted by Gasteiger charge is 2.29. The van der Waals surface area contributed by atoms with Crippen LogP contribution in [0, 0.1) is 0 Å². The Morgan fingerprint density at radius 3 is 2.79 bits per heavy atom. The predicted octanol–water partition coefficient (Wildman–Crippen LogP) is 0.432. The Bertz CT molecular complexity index is 365. The van der Waals surface area contributed by atoms with Gasteiger partial charge in [0.1, 0.15) is 0 Å². The van der Waals surface area contributed by atoms with E-state index < -0.39 is 7.05 Å². The van der Waals surface area contributed by atoms with Crippen molar-refractivity contribution < 1.29 is 5.02 Å². The summed E-state index contributed by atoms with van der Waals surface area (Å²) >= 11 is 0. The number of hydrogen-bond acceptors (Lipinski definition) is 3. The van der Waals surface area contributed by atoms with Crippen molar-refractivity contribution in [3.8, 4) is 0 Å². The number of hydrogen-bond donors (Lipinski definition) is 1. The van der Waals surface area contributed by atoms with Gasteiger partial charge in [0.25, 0.3) is 0 Å². The molecule has 0 amide bonds. The molecule has 2 rings (SSSR count). The molecule has 14 heavy (non-hydrogen) atoms. The van der Waals surface area contributed by atoms with Crippen molar-refractivity contribution in [2.24, 2.45) is 5.10 Å². The molecule has 1 aliphatic rings. The molecule has 1 heterocycles. The second-order valence-corrected chi connectivity index (χ2v) is 3.72. The summed E-state index contributed by atoms with van der Waals surface area (Å²) in [5, 5.41) is 14.2. The molecule has 1 aromatic rings. The van der Waals surface area contributed by atoms with Crippen LogP contribution in [0.1, 0.15) is 19.4 Å². The summed E-state index contributed by atoms with van der Waals surface area (Å²) < 4.78 is 0. The molecule has 0 saturated heterocycles. The van der Waals surface area contributed by atoms with Crippen LogP contribution >= 0.6 is 0 Å². The fraction of sp³-hybridized carbons (Fsp3) is 0.300. The number of fused-ring (bicyclic) bond motifs is 1. The highest BCUT2D eigenvalue weighted by Crippen LogP contribution is 2.08. The summed E-state index contributed by atoms with van der Waals surface area (Å²) in [6.07, 6.45) is 1.79. The second-order valence-electron chi connectivity index (χ2n) is 3.72. The Hall–Kier alpha value is -1.29. The molecule has 4 heteroatoms. The number of nitrogens with zero attached hydrogens (tertiary/aromatic N) is 2. The standard InChI is InChI=1S/C10H13BN2O/c1-8(2)13-11(14)10-6-4-3-5-9(10)7-12-13/h3-8,14H,1-2H3. The highest BCUT2D eigenvalue weighted by atomic mass is 16.2. The van der Waals surface area contributed by atoms with Crippen LogP contribution in [-0.2, 0) is 0 Å². The topological polar surface area (TPSA) is 35.8 Å². The van der Waals surface area contributed by atoms with E-state index in [1.807, 2.05) is 38.1 Å². The summed E-state index contributed by atoms with van der Waals surface area (Å²) in [5.74, 6) is 0. The largest absolute Gasteiger partial charge is 0.467 e. The minimum atomic E-state index is -0.615. The van der Waals surface area contributed by atoms with Crippen molar-refractivity contribution in [3.05, 3.63) is 29.8 Å². The van der Waals surface area contributed by atoms with E-state index in [1.54, 1.807) is 11.1 Å². The Morgan fingerprint density at radius 2 is 2.07 bits per heavy atom.